The van der Waals surface area contributed by atoms with Gasteiger partial charge in [-0.25, -0.2) is 9.13 Å². The lowest BCUT2D eigenvalue weighted by Crippen LogP contribution is -2.30. The van der Waals surface area contributed by atoms with Crippen LogP contribution in [0.3, 0.4) is 0 Å². The van der Waals surface area contributed by atoms with E-state index >= 15 is 0 Å². The average molecular weight is 1420 g/mol. The Morgan fingerprint density at radius 1 is 0.289 bits per heavy atom. The highest BCUT2D eigenvalue weighted by Gasteiger charge is 2.30. The van der Waals surface area contributed by atoms with Crippen LogP contribution < -0.4 is 0 Å². The SMILES string of the molecule is CCC(C)CCCCCCCCCCCCCCCCCCCCC(=O)O[C@H](COC(=O)CCCCCCCCC(C)CC)COP(=O)(O)OC[C@H](O)COP(=O)(O)OC[C@@H](COC(=O)CCCCCCCCCCCCCCC(C)C)OC(=O)CCCCCCCCCC(C)C. The van der Waals surface area contributed by atoms with Crippen molar-refractivity contribution in [2.75, 3.05) is 39.6 Å². The van der Waals surface area contributed by atoms with E-state index in [-0.39, 0.29) is 25.7 Å². The van der Waals surface area contributed by atoms with E-state index in [1.807, 2.05) is 0 Å². The molecule has 0 spiro atoms. The van der Waals surface area contributed by atoms with Crippen LogP contribution in [0.15, 0.2) is 0 Å². The second-order valence-corrected chi connectivity index (χ2v) is 32.4. The van der Waals surface area contributed by atoms with Gasteiger partial charge in [0.25, 0.3) is 0 Å². The number of ether oxygens (including phenoxy) is 4. The lowest BCUT2D eigenvalue weighted by Gasteiger charge is -2.21. The smallest absolute Gasteiger partial charge is 0.462 e. The van der Waals surface area contributed by atoms with Crippen molar-refractivity contribution in [3.05, 3.63) is 0 Å². The molecule has 0 fully saturated rings. The number of hydrogen-bond donors (Lipinski definition) is 3. The van der Waals surface area contributed by atoms with E-state index in [1.54, 1.807) is 0 Å². The van der Waals surface area contributed by atoms with Crippen molar-refractivity contribution in [3.63, 3.8) is 0 Å². The molecular formula is C78H152O17P2. The van der Waals surface area contributed by atoms with Gasteiger partial charge in [0.2, 0.25) is 0 Å². The first-order chi connectivity index (χ1) is 46.7. The zero-order valence-electron chi connectivity index (χ0n) is 63.7. The Morgan fingerprint density at radius 2 is 0.495 bits per heavy atom. The van der Waals surface area contributed by atoms with Gasteiger partial charge in [-0.05, 0) is 49.4 Å². The summed E-state index contributed by atoms with van der Waals surface area (Å²) in [6, 6.07) is 0. The van der Waals surface area contributed by atoms with Crippen molar-refractivity contribution < 1.29 is 80.2 Å². The third-order valence-electron chi connectivity index (χ3n) is 18.8. The Bertz CT molecular complexity index is 1910. The van der Waals surface area contributed by atoms with Gasteiger partial charge in [-0.15, -0.1) is 0 Å². The largest absolute Gasteiger partial charge is 0.472 e. The van der Waals surface area contributed by atoms with Crippen LogP contribution in [0, 0.1) is 23.7 Å². The molecule has 0 saturated heterocycles. The van der Waals surface area contributed by atoms with Crippen molar-refractivity contribution >= 4 is 39.5 Å². The molecule has 0 aliphatic heterocycles. The number of aliphatic hydroxyl groups excluding tert-OH is 1. The number of aliphatic hydroxyl groups is 1. The zero-order chi connectivity index (χ0) is 71.7. The fourth-order valence-electron chi connectivity index (χ4n) is 11.8. The fraction of sp³-hybridized carbons (Fsp3) is 0.949. The van der Waals surface area contributed by atoms with Crippen LogP contribution in [-0.2, 0) is 65.4 Å². The van der Waals surface area contributed by atoms with E-state index < -0.39 is 97.5 Å². The molecule has 0 aliphatic rings. The Balaban J connectivity index is 5.16. The highest BCUT2D eigenvalue weighted by Crippen LogP contribution is 2.45. The Morgan fingerprint density at radius 3 is 0.732 bits per heavy atom. The standard InChI is InChI=1S/C78H152O17P2/c1-9-70(7)56-48-40-32-26-22-17-15-13-11-12-14-16-18-24-28-34-44-52-60-77(82)94-74(65-89-76(81)59-51-43-37-36-41-49-57-71(8)10-2)67-93-97(86,87)91-63-72(79)62-90-96(84,85)92-66-73(95-78(83)61-53-45-35-29-31-39-47-55-69(5)6)64-88-75(80)58-50-42-33-27-23-20-19-21-25-30-38-46-54-68(3)4/h68-74,79H,9-67H2,1-8H3,(H,84,85)(H,86,87)/t70?,71?,72-,73-,74-/m1/s1. The van der Waals surface area contributed by atoms with Gasteiger partial charge < -0.3 is 33.8 Å². The summed E-state index contributed by atoms with van der Waals surface area (Å²) in [6.07, 6.45) is 52.9. The third-order valence-corrected chi connectivity index (χ3v) is 20.7. The molecule has 0 bridgehead atoms. The molecule has 0 aromatic rings. The van der Waals surface area contributed by atoms with Crippen LogP contribution in [0.4, 0.5) is 0 Å². The fourth-order valence-corrected chi connectivity index (χ4v) is 13.4. The van der Waals surface area contributed by atoms with Crippen molar-refractivity contribution in [2.24, 2.45) is 23.7 Å². The molecule has 3 N–H and O–H groups in total. The number of esters is 4. The van der Waals surface area contributed by atoms with E-state index in [0.29, 0.717) is 31.6 Å². The van der Waals surface area contributed by atoms with Crippen LogP contribution in [0.25, 0.3) is 0 Å². The molecule has 17 nitrogen and oxygen atoms in total. The van der Waals surface area contributed by atoms with Crippen LogP contribution in [0.5, 0.6) is 0 Å². The number of hydrogen-bond acceptors (Lipinski definition) is 15. The van der Waals surface area contributed by atoms with E-state index in [9.17, 15) is 43.2 Å². The van der Waals surface area contributed by atoms with Crippen molar-refractivity contribution in [1.29, 1.82) is 0 Å². The van der Waals surface area contributed by atoms with Gasteiger partial charge >= 0.3 is 39.5 Å². The molecule has 0 aliphatic carbocycles. The normalized spacial score (nSPS) is 14.6. The molecule has 97 heavy (non-hydrogen) atoms. The molecule has 0 rings (SSSR count). The Labute approximate surface area is 594 Å². The van der Waals surface area contributed by atoms with E-state index in [2.05, 4.69) is 55.4 Å². The molecule has 0 heterocycles. The molecule has 0 saturated carbocycles. The number of phosphoric acid groups is 2. The summed E-state index contributed by atoms with van der Waals surface area (Å²) < 4.78 is 68.5. The minimum Gasteiger partial charge on any atom is -0.462 e. The summed E-state index contributed by atoms with van der Waals surface area (Å²) >= 11 is 0. The van der Waals surface area contributed by atoms with Crippen LogP contribution in [0.2, 0.25) is 0 Å². The molecular weight excluding hydrogens is 1270 g/mol. The highest BCUT2D eigenvalue weighted by molar-refractivity contribution is 7.47. The average Bonchev–Trinajstić information content (AvgIpc) is 0.978. The molecule has 0 radical (unpaired) electrons. The van der Waals surface area contributed by atoms with Crippen LogP contribution in [0.1, 0.15) is 396 Å². The predicted molar refractivity (Wildman–Crippen MR) is 395 cm³/mol. The quantitative estimate of drug-likeness (QED) is 0.0222. The van der Waals surface area contributed by atoms with Crippen molar-refractivity contribution in [1.82, 2.24) is 0 Å². The summed E-state index contributed by atoms with van der Waals surface area (Å²) in [6.45, 7) is 14.2. The Kier molecular flexibility index (Phi) is 65.9. The first kappa shape index (κ1) is 95.1. The van der Waals surface area contributed by atoms with E-state index in [0.717, 1.165) is 114 Å². The summed E-state index contributed by atoms with van der Waals surface area (Å²) in [5, 5.41) is 10.6. The first-order valence-corrected chi connectivity index (χ1v) is 43.3. The number of unbranched alkanes of at least 4 members (excludes halogenated alkanes) is 39. The minimum atomic E-state index is -4.96. The van der Waals surface area contributed by atoms with E-state index in [4.69, 9.17) is 37.0 Å². The van der Waals surface area contributed by atoms with Gasteiger partial charge in [0.15, 0.2) is 12.2 Å². The van der Waals surface area contributed by atoms with E-state index in [1.165, 1.54) is 193 Å². The van der Waals surface area contributed by atoms with Gasteiger partial charge in [-0.3, -0.25) is 37.3 Å². The maximum Gasteiger partial charge on any atom is 0.472 e. The molecule has 0 aromatic heterocycles. The maximum atomic E-state index is 13.1. The Hall–Kier alpha value is -1.94. The van der Waals surface area contributed by atoms with Gasteiger partial charge in [0, 0.05) is 25.7 Å². The second kappa shape index (κ2) is 67.2. The van der Waals surface area contributed by atoms with Crippen LogP contribution >= 0.6 is 15.6 Å². The summed E-state index contributed by atoms with van der Waals surface area (Å²) in [4.78, 5) is 72.8. The van der Waals surface area contributed by atoms with Crippen molar-refractivity contribution in [2.45, 2.75) is 414 Å². The predicted octanol–water partition coefficient (Wildman–Crippen LogP) is 22.8. The van der Waals surface area contributed by atoms with Gasteiger partial charge in [0.1, 0.15) is 19.3 Å². The maximum absolute atomic E-state index is 13.1. The molecule has 576 valence electrons. The van der Waals surface area contributed by atoms with Gasteiger partial charge in [-0.2, -0.15) is 0 Å². The minimum absolute atomic E-state index is 0.103. The van der Waals surface area contributed by atoms with Crippen LogP contribution in [-0.4, -0.2) is 96.7 Å². The molecule has 7 atom stereocenters. The lowest BCUT2D eigenvalue weighted by molar-refractivity contribution is -0.161. The highest BCUT2D eigenvalue weighted by atomic mass is 31.2. The summed E-state index contributed by atoms with van der Waals surface area (Å²) in [5.41, 5.74) is 0. The number of rotatable bonds is 75. The topological polar surface area (TPSA) is 237 Å². The number of carbonyl (C=O) groups excluding carboxylic acids is 4. The molecule has 19 heteroatoms. The van der Waals surface area contributed by atoms with Crippen molar-refractivity contribution in [3.8, 4) is 0 Å². The first-order valence-electron chi connectivity index (χ1n) is 40.3. The number of phosphoric ester groups is 2. The van der Waals surface area contributed by atoms with Gasteiger partial charge in [0.05, 0.1) is 26.4 Å². The van der Waals surface area contributed by atoms with Gasteiger partial charge in [-0.1, -0.05) is 344 Å². The summed E-state index contributed by atoms with van der Waals surface area (Å²) in [7, 11) is -9.91. The third kappa shape index (κ3) is 69.5. The molecule has 0 amide bonds. The number of carbonyl (C=O) groups is 4. The molecule has 0 aromatic carbocycles. The second-order valence-electron chi connectivity index (χ2n) is 29.5. The molecule has 4 unspecified atom stereocenters. The zero-order valence-corrected chi connectivity index (χ0v) is 65.5. The monoisotopic (exact) mass is 1420 g/mol. The lowest BCUT2D eigenvalue weighted by atomic mass is 9.99. The summed E-state index contributed by atoms with van der Waals surface area (Å²) in [5.74, 6) is 0.957.